The van der Waals surface area contributed by atoms with Gasteiger partial charge in [-0.25, -0.2) is 9.82 Å². The van der Waals surface area contributed by atoms with Crippen molar-refractivity contribution in [1.29, 1.82) is 0 Å². The molecule has 2 aromatic rings. The Kier molecular flexibility index (Phi) is 4.04. The van der Waals surface area contributed by atoms with Crippen LogP contribution in [-0.2, 0) is 0 Å². The number of rotatable bonds is 4. The smallest absolute Gasteiger partial charge is 0.123 e. The van der Waals surface area contributed by atoms with Crippen LogP contribution in [-0.4, -0.2) is 0 Å². The molecule has 0 aliphatic heterocycles. The molecule has 110 valence electrons. The van der Waals surface area contributed by atoms with Crippen molar-refractivity contribution in [3.05, 3.63) is 70.5 Å². The zero-order valence-electron chi connectivity index (χ0n) is 12.3. The minimum Gasteiger partial charge on any atom is -0.271 e. The van der Waals surface area contributed by atoms with Crippen molar-refractivity contribution in [1.82, 2.24) is 5.43 Å². The maximum absolute atomic E-state index is 13.6. The van der Waals surface area contributed by atoms with Gasteiger partial charge in [-0.05, 0) is 60.1 Å². The van der Waals surface area contributed by atoms with Gasteiger partial charge in [-0.1, -0.05) is 36.8 Å². The molecule has 1 fully saturated rings. The van der Waals surface area contributed by atoms with Crippen LogP contribution in [0.3, 0.4) is 0 Å². The van der Waals surface area contributed by atoms with Crippen LogP contribution in [0.1, 0.15) is 53.5 Å². The summed E-state index contributed by atoms with van der Waals surface area (Å²) in [5.74, 6) is 6.20. The second-order valence-corrected chi connectivity index (χ2v) is 5.90. The van der Waals surface area contributed by atoms with Gasteiger partial charge in [0.1, 0.15) is 5.82 Å². The maximum Gasteiger partial charge on any atom is 0.123 e. The third kappa shape index (κ3) is 2.85. The molecule has 21 heavy (non-hydrogen) atoms. The summed E-state index contributed by atoms with van der Waals surface area (Å²) in [5, 5.41) is 0. The summed E-state index contributed by atoms with van der Waals surface area (Å²) in [4.78, 5) is 0. The number of halogens is 1. The average molecular weight is 284 g/mol. The van der Waals surface area contributed by atoms with Crippen molar-refractivity contribution in [2.45, 2.75) is 38.1 Å². The van der Waals surface area contributed by atoms with Crippen LogP contribution < -0.4 is 11.3 Å². The second-order valence-electron chi connectivity index (χ2n) is 5.90. The Morgan fingerprint density at radius 3 is 2.67 bits per heavy atom. The molecule has 3 rings (SSSR count). The summed E-state index contributed by atoms with van der Waals surface area (Å²) in [6, 6.07) is 13.2. The highest BCUT2D eigenvalue weighted by Gasteiger charge is 2.21. The Morgan fingerprint density at radius 1 is 1.19 bits per heavy atom. The van der Waals surface area contributed by atoms with Crippen LogP contribution in [0.5, 0.6) is 0 Å². The van der Waals surface area contributed by atoms with Gasteiger partial charge in [0.25, 0.3) is 0 Å². The molecule has 3 heteroatoms. The Morgan fingerprint density at radius 2 is 2.00 bits per heavy atom. The molecule has 0 aromatic heterocycles. The molecular formula is C18H21FN2. The van der Waals surface area contributed by atoms with Gasteiger partial charge in [-0.3, -0.25) is 5.84 Å². The average Bonchev–Trinajstić information content (AvgIpc) is 2.42. The molecule has 0 spiro atoms. The fourth-order valence-corrected chi connectivity index (χ4v) is 3.02. The highest BCUT2D eigenvalue weighted by molar-refractivity contribution is 5.39. The first kappa shape index (κ1) is 14.2. The van der Waals surface area contributed by atoms with Crippen LogP contribution in [0.2, 0.25) is 0 Å². The molecule has 1 atom stereocenters. The van der Waals surface area contributed by atoms with Gasteiger partial charge in [-0.15, -0.1) is 0 Å². The fraction of sp³-hybridized carbons (Fsp3) is 0.333. The second kappa shape index (κ2) is 5.96. The Hall–Kier alpha value is -1.71. The molecule has 2 aromatic carbocycles. The molecule has 2 nitrogen and oxygen atoms in total. The van der Waals surface area contributed by atoms with Crippen LogP contribution >= 0.6 is 0 Å². The Bertz CT molecular complexity index is 635. The topological polar surface area (TPSA) is 38.0 Å². The van der Waals surface area contributed by atoms with Gasteiger partial charge in [0, 0.05) is 0 Å². The monoisotopic (exact) mass is 284 g/mol. The van der Waals surface area contributed by atoms with Crippen molar-refractivity contribution in [3.63, 3.8) is 0 Å². The van der Waals surface area contributed by atoms with E-state index in [0.717, 1.165) is 16.7 Å². The Labute approximate surface area is 125 Å². The first-order chi connectivity index (χ1) is 10.2. The van der Waals surface area contributed by atoms with Gasteiger partial charge in [0.15, 0.2) is 0 Å². The largest absolute Gasteiger partial charge is 0.271 e. The molecule has 0 saturated heterocycles. The van der Waals surface area contributed by atoms with Crippen molar-refractivity contribution in [3.8, 4) is 0 Å². The number of hydrazine groups is 1. The molecule has 3 N–H and O–H groups in total. The predicted octanol–water partition coefficient (Wildman–Crippen LogP) is 3.95. The maximum atomic E-state index is 13.6. The van der Waals surface area contributed by atoms with Gasteiger partial charge in [0.05, 0.1) is 6.04 Å². The summed E-state index contributed by atoms with van der Waals surface area (Å²) < 4.78 is 13.6. The summed E-state index contributed by atoms with van der Waals surface area (Å²) >= 11 is 0. The third-order valence-electron chi connectivity index (χ3n) is 4.54. The molecular weight excluding hydrogens is 263 g/mol. The molecule has 0 amide bonds. The molecule has 0 radical (unpaired) electrons. The summed E-state index contributed by atoms with van der Waals surface area (Å²) in [6.45, 7) is 1.98. The number of hydrogen-bond donors (Lipinski definition) is 2. The normalized spacial score (nSPS) is 16.5. The van der Waals surface area contributed by atoms with E-state index in [9.17, 15) is 4.39 Å². The van der Waals surface area contributed by atoms with Crippen LogP contribution in [0.4, 0.5) is 4.39 Å². The highest BCUT2D eigenvalue weighted by Crippen LogP contribution is 2.37. The summed E-state index contributed by atoms with van der Waals surface area (Å²) in [6.07, 6.45) is 3.85. The number of hydrogen-bond acceptors (Lipinski definition) is 2. The van der Waals surface area contributed by atoms with E-state index >= 15 is 0 Å². The Balaban J connectivity index is 1.97. The van der Waals surface area contributed by atoms with Crippen LogP contribution in [0, 0.1) is 12.7 Å². The van der Waals surface area contributed by atoms with E-state index < -0.39 is 0 Å². The van der Waals surface area contributed by atoms with Crippen molar-refractivity contribution >= 4 is 0 Å². The van der Waals surface area contributed by atoms with Gasteiger partial charge < -0.3 is 0 Å². The van der Waals surface area contributed by atoms with Crippen molar-refractivity contribution in [2.24, 2.45) is 5.84 Å². The predicted molar refractivity (Wildman–Crippen MR) is 83.3 cm³/mol. The van der Waals surface area contributed by atoms with E-state index in [-0.39, 0.29) is 11.9 Å². The summed E-state index contributed by atoms with van der Waals surface area (Å²) in [5.41, 5.74) is 7.23. The molecule has 1 unspecified atom stereocenters. The fourth-order valence-electron chi connectivity index (χ4n) is 3.02. The molecule has 1 aliphatic carbocycles. The lowest BCUT2D eigenvalue weighted by atomic mass is 9.79. The zero-order chi connectivity index (χ0) is 14.8. The van der Waals surface area contributed by atoms with E-state index in [2.05, 4.69) is 29.7 Å². The van der Waals surface area contributed by atoms with Gasteiger partial charge in [-0.2, -0.15) is 0 Å². The zero-order valence-corrected chi connectivity index (χ0v) is 12.3. The van der Waals surface area contributed by atoms with Crippen molar-refractivity contribution < 1.29 is 4.39 Å². The SMILES string of the molecule is Cc1ccc(F)cc1C(NN)c1cccc(C2CCC2)c1. The highest BCUT2D eigenvalue weighted by atomic mass is 19.1. The minimum atomic E-state index is -0.231. The van der Waals surface area contributed by atoms with E-state index in [1.54, 1.807) is 12.1 Å². The lowest BCUT2D eigenvalue weighted by molar-refractivity contribution is 0.419. The van der Waals surface area contributed by atoms with Crippen molar-refractivity contribution in [2.75, 3.05) is 0 Å². The van der Waals surface area contributed by atoms with E-state index in [4.69, 9.17) is 5.84 Å². The van der Waals surface area contributed by atoms with Crippen LogP contribution in [0.15, 0.2) is 42.5 Å². The first-order valence-electron chi connectivity index (χ1n) is 7.51. The minimum absolute atomic E-state index is 0.180. The molecule has 0 heterocycles. The summed E-state index contributed by atoms with van der Waals surface area (Å²) in [7, 11) is 0. The van der Waals surface area contributed by atoms with E-state index in [0.29, 0.717) is 5.92 Å². The molecule has 1 saturated carbocycles. The van der Waals surface area contributed by atoms with Gasteiger partial charge >= 0.3 is 0 Å². The third-order valence-corrected chi connectivity index (χ3v) is 4.54. The lowest BCUT2D eigenvalue weighted by Gasteiger charge is -2.27. The number of benzene rings is 2. The molecule has 0 bridgehead atoms. The first-order valence-corrected chi connectivity index (χ1v) is 7.51. The number of aryl methyl sites for hydroxylation is 1. The molecule has 1 aliphatic rings. The van der Waals surface area contributed by atoms with Gasteiger partial charge in [0.2, 0.25) is 0 Å². The van der Waals surface area contributed by atoms with E-state index in [1.165, 1.54) is 30.9 Å². The lowest BCUT2D eigenvalue weighted by Crippen LogP contribution is -2.29. The standard InChI is InChI=1S/C18H21FN2/c1-12-8-9-16(19)11-17(12)18(21-20)15-7-3-6-14(10-15)13-4-2-5-13/h3,6-11,13,18,21H,2,4-5,20H2,1H3. The quantitative estimate of drug-likeness (QED) is 0.659. The number of nitrogens with one attached hydrogen (secondary N) is 1. The van der Waals surface area contributed by atoms with Crippen LogP contribution in [0.25, 0.3) is 0 Å². The van der Waals surface area contributed by atoms with E-state index in [1.807, 2.05) is 6.92 Å². The number of nitrogens with two attached hydrogens (primary N) is 1.